The molecule has 2 fully saturated rings. The van der Waals surface area contributed by atoms with E-state index in [0.29, 0.717) is 18.5 Å². The first-order chi connectivity index (χ1) is 20.5. The number of hydrogen-bond acceptors (Lipinski definition) is 8. The topological polar surface area (TPSA) is 71.8 Å². The Balaban J connectivity index is 1.34. The summed E-state index contributed by atoms with van der Waals surface area (Å²) < 4.78 is 6.61. The van der Waals surface area contributed by atoms with Crippen LogP contribution >= 0.6 is 0 Å². The van der Waals surface area contributed by atoms with E-state index < -0.39 is 0 Å². The molecule has 0 radical (unpaired) electrons. The highest BCUT2D eigenvalue weighted by molar-refractivity contribution is 5.94. The average Bonchev–Trinajstić information content (AvgIpc) is 3.01. The number of fused-ring (bicyclic) bond motifs is 2. The molecule has 1 aromatic heterocycles. The van der Waals surface area contributed by atoms with Crippen molar-refractivity contribution < 1.29 is 4.74 Å². The van der Waals surface area contributed by atoms with E-state index in [4.69, 9.17) is 14.7 Å². The minimum Gasteiger partial charge on any atom is -0.460 e. The van der Waals surface area contributed by atoms with Gasteiger partial charge in [-0.25, -0.2) is 0 Å². The Hall–Kier alpha value is -3.83. The molecule has 1 saturated heterocycles. The van der Waals surface area contributed by atoms with Crippen molar-refractivity contribution in [2.24, 2.45) is 0 Å². The number of nitriles is 1. The molecule has 0 amide bonds. The zero-order chi connectivity index (χ0) is 29.1. The van der Waals surface area contributed by atoms with E-state index in [9.17, 15) is 5.26 Å². The van der Waals surface area contributed by atoms with Crippen LogP contribution in [0.3, 0.4) is 0 Å². The molecule has 3 heterocycles. The van der Waals surface area contributed by atoms with Gasteiger partial charge in [0.1, 0.15) is 11.9 Å². The molecule has 0 spiro atoms. The summed E-state index contributed by atoms with van der Waals surface area (Å²) in [6.07, 6.45) is 10.1. The summed E-state index contributed by atoms with van der Waals surface area (Å²) in [4.78, 5) is 19.7. The Morgan fingerprint density at radius 1 is 1.05 bits per heavy atom. The summed E-state index contributed by atoms with van der Waals surface area (Å²) in [5, 5.41) is 12.1. The minimum absolute atomic E-state index is 0.118. The summed E-state index contributed by atoms with van der Waals surface area (Å²) in [7, 11) is 4.32. The molecule has 1 aliphatic carbocycles. The second-order valence-corrected chi connectivity index (χ2v) is 12.1. The Morgan fingerprint density at radius 3 is 2.74 bits per heavy atom. The summed E-state index contributed by atoms with van der Waals surface area (Å²) in [6.45, 7) is 6.15. The van der Waals surface area contributed by atoms with E-state index >= 15 is 0 Å². The van der Waals surface area contributed by atoms with E-state index in [1.807, 2.05) is 6.92 Å². The van der Waals surface area contributed by atoms with Gasteiger partial charge in [0.2, 0.25) is 0 Å². The number of aromatic nitrogens is 2. The van der Waals surface area contributed by atoms with Gasteiger partial charge in [0.15, 0.2) is 0 Å². The molecule has 3 aromatic rings. The van der Waals surface area contributed by atoms with Crippen LogP contribution in [0, 0.1) is 11.3 Å². The third-order valence-electron chi connectivity index (χ3n) is 9.23. The van der Waals surface area contributed by atoms with E-state index in [-0.39, 0.29) is 12.1 Å². The molecule has 2 aliphatic heterocycles. The van der Waals surface area contributed by atoms with E-state index in [1.54, 1.807) is 0 Å². The molecular formula is C34H43N7O. The predicted molar refractivity (Wildman–Crippen MR) is 169 cm³/mol. The van der Waals surface area contributed by atoms with Crippen molar-refractivity contribution in [3.05, 3.63) is 66.0 Å². The summed E-state index contributed by atoms with van der Waals surface area (Å²) >= 11 is 0. The van der Waals surface area contributed by atoms with Crippen LogP contribution in [-0.2, 0) is 13.0 Å². The highest BCUT2D eigenvalue weighted by Crippen LogP contribution is 2.35. The summed E-state index contributed by atoms with van der Waals surface area (Å²) in [6, 6.07) is 18.7. The zero-order valence-electron chi connectivity index (χ0n) is 25.2. The second-order valence-electron chi connectivity index (χ2n) is 12.1. The lowest BCUT2D eigenvalue weighted by Crippen LogP contribution is -2.51. The van der Waals surface area contributed by atoms with Crippen molar-refractivity contribution in [2.45, 2.75) is 70.2 Å². The lowest BCUT2D eigenvalue weighted by atomic mass is 9.92. The van der Waals surface area contributed by atoms with Gasteiger partial charge in [-0.05, 0) is 70.8 Å². The number of benzene rings is 2. The first kappa shape index (κ1) is 28.3. The smallest absolute Gasteiger partial charge is 0.318 e. The van der Waals surface area contributed by atoms with Crippen LogP contribution in [0.15, 0.2) is 54.7 Å². The van der Waals surface area contributed by atoms with Crippen molar-refractivity contribution >= 4 is 22.3 Å². The van der Waals surface area contributed by atoms with Gasteiger partial charge >= 0.3 is 6.01 Å². The number of anilines is 2. The monoisotopic (exact) mass is 565 g/mol. The number of allylic oxidation sites excluding steroid dienone is 1. The van der Waals surface area contributed by atoms with E-state index in [0.717, 1.165) is 69.9 Å². The van der Waals surface area contributed by atoms with Crippen molar-refractivity contribution in [3.63, 3.8) is 0 Å². The molecule has 3 atom stereocenters. The summed E-state index contributed by atoms with van der Waals surface area (Å²) in [5.41, 5.74) is 3.53. The number of piperazine rings is 1. The normalized spacial score (nSPS) is 22.9. The van der Waals surface area contributed by atoms with Crippen molar-refractivity contribution in [1.82, 2.24) is 19.8 Å². The number of nitrogens with zero attached hydrogens (tertiary/aromatic N) is 7. The van der Waals surface area contributed by atoms with Crippen LogP contribution in [0.4, 0.5) is 11.5 Å². The Bertz CT molecular complexity index is 1460. The predicted octanol–water partition coefficient (Wildman–Crippen LogP) is 5.38. The van der Waals surface area contributed by atoms with Gasteiger partial charge in [-0.3, -0.25) is 0 Å². The molecule has 6 rings (SSSR count). The summed E-state index contributed by atoms with van der Waals surface area (Å²) in [5.74, 6) is 0.996. The fourth-order valence-corrected chi connectivity index (χ4v) is 6.97. The first-order valence-corrected chi connectivity index (χ1v) is 15.5. The standard InChI is InChI=1S/C34H43N7O/c1-4-18-39-20-21-41(23-27(39)15-17-35)33-30-16-19-40(32-14-7-10-25-9-5-6-13-29(25)32)24-31(30)36-34(37-33)42-28-12-8-11-26(22-28)38(2)3/h4-7,9-10,13-14,18,26-28H,8,11-12,15-16,19-24H2,1-3H3. The Morgan fingerprint density at radius 2 is 1.90 bits per heavy atom. The van der Waals surface area contributed by atoms with Gasteiger partial charge in [-0.1, -0.05) is 42.5 Å². The van der Waals surface area contributed by atoms with E-state index in [2.05, 4.69) is 94.5 Å². The maximum Gasteiger partial charge on any atom is 0.318 e. The molecular weight excluding hydrogens is 522 g/mol. The van der Waals surface area contributed by atoms with Gasteiger partial charge in [0.25, 0.3) is 0 Å². The Labute approximate surface area is 250 Å². The fourth-order valence-electron chi connectivity index (χ4n) is 6.97. The SMILES string of the molecule is CC=CN1CCN(c2nc(OC3CCCC(N(C)C)C3)nc3c2CCN(c2cccc4ccccc24)C3)CC1CC#N. The van der Waals surface area contributed by atoms with E-state index in [1.165, 1.54) is 28.4 Å². The van der Waals surface area contributed by atoms with Crippen molar-refractivity contribution in [3.8, 4) is 12.1 Å². The van der Waals surface area contributed by atoms with Crippen LogP contribution < -0.4 is 14.5 Å². The molecule has 42 heavy (non-hydrogen) atoms. The highest BCUT2D eigenvalue weighted by atomic mass is 16.5. The Kier molecular flexibility index (Phi) is 8.48. The molecule has 220 valence electrons. The molecule has 0 bridgehead atoms. The number of hydrogen-bond donors (Lipinski definition) is 0. The lowest BCUT2D eigenvalue weighted by Gasteiger charge is -2.42. The third-order valence-corrected chi connectivity index (χ3v) is 9.23. The second kappa shape index (κ2) is 12.6. The zero-order valence-corrected chi connectivity index (χ0v) is 25.2. The molecule has 3 aliphatic rings. The van der Waals surface area contributed by atoms with Crippen molar-refractivity contribution in [1.29, 1.82) is 5.26 Å². The molecule has 0 N–H and O–H groups in total. The maximum atomic E-state index is 9.58. The number of rotatable bonds is 7. The number of ether oxygens (including phenoxy) is 1. The minimum atomic E-state index is 0.118. The van der Waals surface area contributed by atoms with Crippen molar-refractivity contribution in [2.75, 3.05) is 50.1 Å². The molecule has 3 unspecified atom stereocenters. The van der Waals surface area contributed by atoms with Crippen LogP contribution in [0.1, 0.15) is 50.3 Å². The van der Waals surface area contributed by atoms with Gasteiger partial charge in [-0.15, -0.1) is 0 Å². The van der Waals surface area contributed by atoms with Crippen LogP contribution in [0.25, 0.3) is 10.8 Å². The first-order valence-electron chi connectivity index (χ1n) is 15.5. The molecule has 8 heteroatoms. The van der Waals surface area contributed by atoms with Gasteiger partial charge in [-0.2, -0.15) is 15.2 Å². The fraction of sp³-hybridized carbons (Fsp3) is 0.500. The van der Waals surface area contributed by atoms with Crippen LogP contribution in [-0.4, -0.2) is 78.2 Å². The van der Waals surface area contributed by atoms with Gasteiger partial charge < -0.3 is 24.3 Å². The van der Waals surface area contributed by atoms with Crippen LogP contribution in [0.2, 0.25) is 0 Å². The van der Waals surface area contributed by atoms with Gasteiger partial charge in [0, 0.05) is 48.9 Å². The largest absolute Gasteiger partial charge is 0.460 e. The quantitative estimate of drug-likeness (QED) is 0.378. The molecule has 2 aromatic carbocycles. The van der Waals surface area contributed by atoms with Crippen LogP contribution in [0.5, 0.6) is 6.01 Å². The van der Waals surface area contributed by atoms with Gasteiger partial charge in [0.05, 0.1) is 30.8 Å². The average molecular weight is 566 g/mol. The lowest BCUT2D eigenvalue weighted by molar-refractivity contribution is 0.0920. The highest BCUT2D eigenvalue weighted by Gasteiger charge is 2.32. The molecule has 1 saturated carbocycles. The maximum absolute atomic E-state index is 9.58. The molecule has 8 nitrogen and oxygen atoms in total. The third kappa shape index (κ3) is 5.89.